The van der Waals surface area contributed by atoms with Crippen molar-refractivity contribution in [2.45, 2.75) is 11.7 Å². The summed E-state index contributed by atoms with van der Waals surface area (Å²) in [5.74, 6) is 2.31. The number of thioether (sulfide) groups is 1. The average Bonchev–Trinajstić information content (AvgIpc) is 3.12. The molecule has 2 N–H and O–H groups in total. The third-order valence-electron chi connectivity index (χ3n) is 4.47. The van der Waals surface area contributed by atoms with Crippen LogP contribution in [0.3, 0.4) is 0 Å². The number of imidazole rings is 1. The number of alkyl halides is 1. The van der Waals surface area contributed by atoms with E-state index in [1.165, 1.54) is 24.4 Å². The molecule has 0 saturated carbocycles. The van der Waals surface area contributed by atoms with Gasteiger partial charge in [-0.15, -0.1) is 0 Å². The second kappa shape index (κ2) is 8.74. The van der Waals surface area contributed by atoms with Crippen molar-refractivity contribution in [1.29, 1.82) is 0 Å². The van der Waals surface area contributed by atoms with Gasteiger partial charge in [-0.2, -0.15) is 0 Å². The van der Waals surface area contributed by atoms with Gasteiger partial charge in [0.1, 0.15) is 32.1 Å². The van der Waals surface area contributed by atoms with Gasteiger partial charge in [-0.3, -0.25) is 0 Å². The Morgan fingerprint density at radius 1 is 1.16 bits per heavy atom. The first-order valence-electron chi connectivity index (χ1n) is 9.17. The number of rotatable bonds is 5. The quantitative estimate of drug-likeness (QED) is 0.335. The number of fused-ring (bicyclic) bond motifs is 2. The maximum atomic E-state index is 6.13. The van der Waals surface area contributed by atoms with Crippen molar-refractivity contribution in [2.24, 2.45) is 0 Å². The first kappa shape index (κ1) is 20.7. The van der Waals surface area contributed by atoms with Crippen molar-refractivity contribution in [3.05, 3.63) is 45.2 Å². The van der Waals surface area contributed by atoms with Gasteiger partial charge in [-0.1, -0.05) is 15.9 Å². The molecule has 160 valence electrons. The van der Waals surface area contributed by atoms with Crippen LogP contribution >= 0.6 is 50.3 Å². The van der Waals surface area contributed by atoms with Crippen LogP contribution in [0.1, 0.15) is 5.56 Å². The molecule has 0 saturated heterocycles. The van der Waals surface area contributed by atoms with Crippen LogP contribution in [0.2, 0.25) is 0 Å². The molecule has 31 heavy (non-hydrogen) atoms. The van der Waals surface area contributed by atoms with Crippen LogP contribution in [-0.4, -0.2) is 38.1 Å². The van der Waals surface area contributed by atoms with Crippen LogP contribution in [0, 0.1) is 3.57 Å². The molecule has 0 aliphatic carbocycles. The summed E-state index contributed by atoms with van der Waals surface area (Å²) in [4.78, 5) is 13.0. The molecule has 0 amide bonds. The number of hydrogen-bond donors (Lipinski definition) is 1. The fraction of sp³-hybridized carbons (Fsp3) is 0.211. The van der Waals surface area contributed by atoms with E-state index in [1.807, 2.05) is 16.7 Å². The van der Waals surface area contributed by atoms with Gasteiger partial charge in [0.15, 0.2) is 39.4 Å². The maximum Gasteiger partial charge on any atom is 0.203 e. The number of anilines is 1. The fourth-order valence-corrected chi connectivity index (χ4v) is 5.01. The van der Waals surface area contributed by atoms with Gasteiger partial charge in [0.2, 0.25) is 5.09 Å². The number of aromatic nitrogens is 4. The third kappa shape index (κ3) is 4.03. The van der Waals surface area contributed by atoms with Crippen LogP contribution in [0.15, 0.2) is 41.2 Å². The van der Waals surface area contributed by atoms with Gasteiger partial charge in [-0.25, -0.2) is 15.0 Å². The average molecular weight is 616 g/mol. The Kier molecular flexibility index (Phi) is 5.84. The van der Waals surface area contributed by atoms with Crippen LogP contribution < -0.4 is 15.2 Å². The van der Waals surface area contributed by atoms with E-state index in [9.17, 15) is 0 Å². The number of halogens is 2. The number of aryl methyl sites for hydroxylation is 1. The Balaban J connectivity index is 1.42. The molecule has 2 aliphatic heterocycles. The van der Waals surface area contributed by atoms with E-state index in [0.717, 1.165) is 20.2 Å². The molecule has 12 heteroatoms. The second-order valence-electron chi connectivity index (χ2n) is 6.40. The molecule has 0 fully saturated rings. The van der Waals surface area contributed by atoms with Gasteiger partial charge in [0.05, 0.1) is 0 Å². The lowest BCUT2D eigenvalue weighted by molar-refractivity contribution is 0.171. The zero-order valence-corrected chi connectivity index (χ0v) is 20.4. The Hall–Kier alpha value is -2.19. The number of ether oxygens (including phenoxy) is 4. The highest BCUT2D eigenvalue weighted by Crippen LogP contribution is 2.40. The Labute approximate surface area is 203 Å². The van der Waals surface area contributed by atoms with Crippen molar-refractivity contribution < 1.29 is 18.9 Å². The first-order valence-corrected chi connectivity index (χ1v) is 12.2. The van der Waals surface area contributed by atoms with Gasteiger partial charge in [0, 0.05) is 21.0 Å². The fourth-order valence-electron chi connectivity index (χ4n) is 3.11. The number of hydrogen-bond acceptors (Lipinski definition) is 9. The lowest BCUT2D eigenvalue weighted by atomic mass is 10.1. The van der Waals surface area contributed by atoms with E-state index < -0.39 is 0 Å². The molecule has 0 bridgehead atoms. The van der Waals surface area contributed by atoms with E-state index in [4.69, 9.17) is 24.7 Å². The highest BCUT2D eigenvalue weighted by Gasteiger charge is 2.23. The van der Waals surface area contributed by atoms with Crippen molar-refractivity contribution >= 4 is 73.0 Å². The highest BCUT2D eigenvalue weighted by atomic mass is 127. The van der Waals surface area contributed by atoms with Crippen molar-refractivity contribution in [2.75, 3.05) is 24.3 Å². The molecular formula is C19H15BrIN5O4S. The summed E-state index contributed by atoms with van der Waals surface area (Å²) in [7, 11) is 0. The summed E-state index contributed by atoms with van der Waals surface area (Å²) in [5.41, 5.74) is 8.06. The zero-order valence-electron chi connectivity index (χ0n) is 15.9. The standard InChI is InChI=1S/C19H15BrIN5O4S/c20-1-2-26-18-16(17(22)23-9-24-18)25-19(26)31-15-8-27-7-14(30-15)10-5-12-13(6-11(10)21)29-4-3-28-12/h5-9H,1-4H2,(H2,22,23,24). The Morgan fingerprint density at radius 2 is 1.97 bits per heavy atom. The summed E-state index contributed by atoms with van der Waals surface area (Å²) >= 11 is 7.04. The van der Waals surface area contributed by atoms with Gasteiger partial charge in [-0.05, 0) is 46.5 Å². The summed E-state index contributed by atoms with van der Waals surface area (Å²) in [6.07, 6.45) is 4.52. The topological polar surface area (TPSA) is 107 Å². The lowest BCUT2D eigenvalue weighted by Crippen LogP contribution is -2.16. The molecule has 2 aliphatic rings. The monoisotopic (exact) mass is 615 g/mol. The summed E-state index contributed by atoms with van der Waals surface area (Å²) in [6.45, 7) is 1.71. The largest absolute Gasteiger partial charge is 0.486 e. The van der Waals surface area contributed by atoms with E-state index >= 15 is 0 Å². The smallest absolute Gasteiger partial charge is 0.203 e. The second-order valence-corrected chi connectivity index (χ2v) is 9.33. The third-order valence-corrected chi connectivity index (χ3v) is 6.59. The van der Waals surface area contributed by atoms with E-state index in [-0.39, 0.29) is 0 Å². The lowest BCUT2D eigenvalue weighted by Gasteiger charge is -2.22. The first-order chi connectivity index (χ1) is 15.1. The van der Waals surface area contributed by atoms with Crippen molar-refractivity contribution in [3.63, 3.8) is 0 Å². The van der Waals surface area contributed by atoms with Crippen LogP contribution in [-0.2, 0) is 16.0 Å². The molecule has 0 radical (unpaired) electrons. The minimum absolute atomic E-state index is 0.335. The predicted molar refractivity (Wildman–Crippen MR) is 128 cm³/mol. The van der Waals surface area contributed by atoms with Gasteiger partial charge < -0.3 is 29.2 Å². The minimum Gasteiger partial charge on any atom is -0.486 e. The molecule has 0 atom stereocenters. The molecular weight excluding hydrogens is 601 g/mol. The van der Waals surface area contributed by atoms with Gasteiger partial charge in [0.25, 0.3) is 0 Å². The maximum absolute atomic E-state index is 6.13. The predicted octanol–water partition coefficient (Wildman–Crippen LogP) is 4.12. The molecule has 4 heterocycles. The van der Waals surface area contributed by atoms with Crippen LogP contribution in [0.4, 0.5) is 5.82 Å². The normalized spacial score (nSPS) is 15.2. The van der Waals surface area contributed by atoms with E-state index in [0.29, 0.717) is 58.5 Å². The molecule has 0 spiro atoms. The molecule has 2 aromatic heterocycles. The van der Waals surface area contributed by atoms with Crippen LogP contribution in [0.5, 0.6) is 11.5 Å². The van der Waals surface area contributed by atoms with E-state index in [1.54, 1.807) is 6.26 Å². The molecule has 9 nitrogen and oxygen atoms in total. The van der Waals surface area contributed by atoms with Crippen LogP contribution in [0.25, 0.3) is 16.9 Å². The Bertz CT molecular complexity index is 1230. The SMILES string of the molecule is Nc1ncnc2c1nc(SC1=COC=C(c3cc4c(cc3I)OCCO4)O1)n2CCBr. The highest BCUT2D eigenvalue weighted by molar-refractivity contribution is 14.1. The van der Waals surface area contributed by atoms with Crippen molar-refractivity contribution in [3.8, 4) is 11.5 Å². The van der Waals surface area contributed by atoms with E-state index in [2.05, 4.69) is 53.5 Å². The molecule has 0 unspecified atom stereocenters. The summed E-state index contributed by atoms with van der Waals surface area (Å²) < 4.78 is 26.0. The molecule has 1 aromatic carbocycles. The molecule has 3 aromatic rings. The summed E-state index contributed by atoms with van der Waals surface area (Å²) in [6, 6.07) is 3.83. The zero-order chi connectivity index (χ0) is 21.4. The number of nitrogens with zero attached hydrogens (tertiary/aromatic N) is 4. The number of benzene rings is 1. The van der Waals surface area contributed by atoms with Crippen molar-refractivity contribution in [1.82, 2.24) is 19.5 Å². The number of nitrogens with two attached hydrogens (primary N) is 1. The van der Waals surface area contributed by atoms with Gasteiger partial charge >= 0.3 is 0 Å². The Morgan fingerprint density at radius 3 is 2.77 bits per heavy atom. The number of nitrogen functional groups attached to an aromatic ring is 1. The summed E-state index contributed by atoms with van der Waals surface area (Å²) in [5, 5.41) is 1.93. The molecule has 5 rings (SSSR count). The minimum atomic E-state index is 0.335.